The molecule has 0 aliphatic heterocycles. The maximum absolute atomic E-state index is 17.6. The summed E-state index contributed by atoms with van der Waals surface area (Å²) in [6.45, 7) is 9.05. The first-order valence-corrected chi connectivity index (χ1v) is 20.2. The highest BCUT2D eigenvalue weighted by Crippen LogP contribution is 2.72. The van der Waals surface area contributed by atoms with E-state index in [4.69, 9.17) is 4.74 Å². The Morgan fingerprint density at radius 1 is 0.691 bits per heavy atom. The molecule has 0 aromatic rings. The van der Waals surface area contributed by atoms with Gasteiger partial charge in [-0.05, 0) is 113 Å². The molecular weight excluding hydrogens is 710 g/mol. The summed E-state index contributed by atoms with van der Waals surface area (Å²) >= 11 is 0. The molecule has 0 aromatic heterocycles. The van der Waals surface area contributed by atoms with Crippen molar-refractivity contribution in [1.82, 2.24) is 0 Å². The Hall–Kier alpha value is -2.70. The number of fused-ring (bicyclic) bond motifs is 10. The second kappa shape index (κ2) is 11.9. The summed E-state index contributed by atoms with van der Waals surface area (Å²) in [4.78, 5) is 52.7. The first-order valence-electron chi connectivity index (χ1n) is 20.2. The third kappa shape index (κ3) is 4.45. The van der Waals surface area contributed by atoms with Crippen LogP contribution < -0.4 is 0 Å². The van der Waals surface area contributed by atoms with Crippen molar-refractivity contribution in [2.24, 2.45) is 57.2 Å². The zero-order chi connectivity index (χ0) is 40.1. The molecule has 4 N–H and O–H groups in total. The fraction of sp³-hybridized carbons (Fsp3) is 0.727. The number of carbonyl (C=O) groups excluding carboxylic acids is 4. The van der Waals surface area contributed by atoms with Crippen molar-refractivity contribution < 1.29 is 53.1 Å². The van der Waals surface area contributed by atoms with E-state index in [0.717, 1.165) is 0 Å². The van der Waals surface area contributed by atoms with Gasteiger partial charge in [0, 0.05) is 33.5 Å². The van der Waals surface area contributed by atoms with E-state index in [2.05, 4.69) is 0 Å². The smallest absolute Gasteiger partial charge is 0.190 e. The topological polar surface area (TPSA) is 158 Å². The molecule has 0 unspecified atom stereocenters. The molecule has 9 nitrogen and oxygen atoms in total. The van der Waals surface area contributed by atoms with E-state index in [9.17, 15) is 39.6 Å². The number of hydrogen-bond donors (Lipinski definition) is 4. The summed E-state index contributed by atoms with van der Waals surface area (Å²) in [7, 11) is 0. The lowest BCUT2D eigenvalue weighted by Gasteiger charge is -2.62. The fourth-order valence-electron chi connectivity index (χ4n) is 14.7. The number of hydrogen-bond acceptors (Lipinski definition) is 9. The Labute approximate surface area is 321 Å². The molecular formula is C44H56F2O9. The van der Waals surface area contributed by atoms with E-state index < -0.39 is 117 Å². The van der Waals surface area contributed by atoms with Crippen LogP contribution in [0.15, 0.2) is 47.6 Å². The van der Waals surface area contributed by atoms with Gasteiger partial charge in [-0.25, -0.2) is 8.78 Å². The van der Waals surface area contributed by atoms with Gasteiger partial charge in [-0.1, -0.05) is 51.0 Å². The number of aliphatic hydroxyl groups is 4. The third-order valence-electron chi connectivity index (χ3n) is 17.8. The second-order valence-electron chi connectivity index (χ2n) is 19.7. The molecule has 0 radical (unpaired) electrons. The number of ketones is 4. The normalized spacial score (nSPS) is 53.6. The summed E-state index contributed by atoms with van der Waals surface area (Å²) in [6.07, 6.45) is 7.54. The number of allylic oxidation sites excluding steroid dienone is 8. The number of ether oxygens (including phenoxy) is 1. The van der Waals surface area contributed by atoms with Crippen LogP contribution in [-0.4, -0.2) is 91.5 Å². The second-order valence-corrected chi connectivity index (χ2v) is 19.7. The number of Topliss-reactive ketones (excluding diaryl/α,β-unsaturated/α-hetero) is 2. The highest BCUT2D eigenvalue weighted by atomic mass is 19.1. The molecule has 0 aromatic carbocycles. The van der Waals surface area contributed by atoms with Crippen LogP contribution in [0.25, 0.3) is 0 Å². The van der Waals surface area contributed by atoms with Crippen LogP contribution in [0, 0.1) is 57.2 Å². The van der Waals surface area contributed by atoms with Crippen molar-refractivity contribution in [2.45, 2.75) is 128 Å². The molecule has 0 amide bonds. The lowest BCUT2D eigenvalue weighted by molar-refractivity contribution is -0.221. The Morgan fingerprint density at radius 3 is 1.42 bits per heavy atom. The van der Waals surface area contributed by atoms with Crippen molar-refractivity contribution >= 4 is 23.1 Å². The van der Waals surface area contributed by atoms with Crippen molar-refractivity contribution in [2.75, 3.05) is 13.2 Å². The van der Waals surface area contributed by atoms with Gasteiger partial charge in [0.25, 0.3) is 0 Å². The molecule has 55 heavy (non-hydrogen) atoms. The van der Waals surface area contributed by atoms with E-state index in [1.165, 1.54) is 24.3 Å². The van der Waals surface area contributed by atoms with E-state index in [0.29, 0.717) is 49.7 Å². The number of rotatable bonds is 6. The Bertz CT molecular complexity index is 1760. The molecule has 8 rings (SSSR count). The van der Waals surface area contributed by atoms with Crippen LogP contribution in [0.3, 0.4) is 0 Å². The molecule has 300 valence electrons. The van der Waals surface area contributed by atoms with E-state index in [1.807, 2.05) is 0 Å². The first kappa shape index (κ1) is 39.1. The highest BCUT2D eigenvalue weighted by Gasteiger charge is 2.77. The number of carbonyl (C=O) groups is 4. The average Bonchev–Trinajstić information content (AvgIpc) is 3.45. The molecule has 11 heteroatoms. The molecule has 8 aliphatic carbocycles. The number of aliphatic hydroxyl groups excluding tert-OH is 2. The minimum atomic E-state index is -2.12. The predicted octanol–water partition coefficient (Wildman–Crippen LogP) is 4.84. The SMILES string of the molecule is C[C@@H]1C[C@H]2[C@@H]3CCC4=CC(=O)C=C[C@]4(C)[C@@]3(F)[C@@H](O)C[C@]2(C)[C@@]1(O)C(=O)COCC(=O)[C@]1(O)[C@@H](C)C[C@@H]2[C@H]3CCC4=CC(=O)C=C[C@@]4(C)[C@]3(F)[C@H](O)C[C@]21C. The molecule has 6 saturated carbocycles. The minimum Gasteiger partial charge on any atom is -0.390 e. The maximum Gasteiger partial charge on any atom is 0.190 e. The van der Waals surface area contributed by atoms with E-state index in [-0.39, 0.29) is 24.4 Å². The first-order chi connectivity index (χ1) is 25.5. The minimum absolute atomic E-state index is 0.195. The van der Waals surface area contributed by atoms with E-state index in [1.54, 1.807) is 53.7 Å². The summed E-state index contributed by atoms with van der Waals surface area (Å²) in [5, 5.41) is 48.1. The summed E-state index contributed by atoms with van der Waals surface area (Å²) < 4.78 is 40.9. The largest absolute Gasteiger partial charge is 0.390 e. The Morgan fingerprint density at radius 2 is 1.05 bits per heavy atom. The van der Waals surface area contributed by atoms with Crippen LogP contribution >= 0.6 is 0 Å². The quantitative estimate of drug-likeness (QED) is 0.297. The van der Waals surface area contributed by atoms with Gasteiger partial charge in [-0.15, -0.1) is 0 Å². The number of halogens is 2. The van der Waals surface area contributed by atoms with Gasteiger partial charge >= 0.3 is 0 Å². The third-order valence-corrected chi connectivity index (χ3v) is 17.8. The summed E-state index contributed by atoms with van der Waals surface area (Å²) in [5.74, 6) is -5.37. The van der Waals surface area contributed by atoms with Crippen molar-refractivity contribution in [1.29, 1.82) is 0 Å². The molecule has 0 bridgehead atoms. The molecule has 16 atom stereocenters. The van der Waals surface area contributed by atoms with Gasteiger partial charge in [0.15, 0.2) is 34.5 Å². The van der Waals surface area contributed by atoms with Crippen molar-refractivity contribution in [3.63, 3.8) is 0 Å². The predicted molar refractivity (Wildman–Crippen MR) is 197 cm³/mol. The molecule has 0 heterocycles. The zero-order valence-corrected chi connectivity index (χ0v) is 32.7. The van der Waals surface area contributed by atoms with Crippen LogP contribution in [0.1, 0.15) is 92.9 Å². The lowest BCUT2D eigenvalue weighted by Crippen LogP contribution is -2.69. The van der Waals surface area contributed by atoms with Gasteiger partial charge < -0.3 is 25.2 Å². The van der Waals surface area contributed by atoms with Crippen LogP contribution in [0.4, 0.5) is 8.78 Å². The molecule has 0 saturated heterocycles. The molecule has 0 spiro atoms. The van der Waals surface area contributed by atoms with Gasteiger partial charge in [0.2, 0.25) is 0 Å². The molecule has 6 fully saturated rings. The zero-order valence-electron chi connectivity index (χ0n) is 32.7. The fourth-order valence-corrected chi connectivity index (χ4v) is 14.7. The van der Waals surface area contributed by atoms with Crippen molar-refractivity contribution in [3.05, 3.63) is 47.6 Å². The van der Waals surface area contributed by atoms with Crippen LogP contribution in [0.5, 0.6) is 0 Å². The Kier molecular flexibility index (Phi) is 8.49. The van der Waals surface area contributed by atoms with Crippen LogP contribution in [-0.2, 0) is 23.9 Å². The van der Waals surface area contributed by atoms with Gasteiger partial charge in [0.1, 0.15) is 24.4 Å². The van der Waals surface area contributed by atoms with Gasteiger partial charge in [-0.3, -0.25) is 19.2 Å². The van der Waals surface area contributed by atoms with Crippen molar-refractivity contribution in [3.8, 4) is 0 Å². The monoisotopic (exact) mass is 766 g/mol. The summed E-state index contributed by atoms with van der Waals surface area (Å²) in [6, 6.07) is 0. The van der Waals surface area contributed by atoms with Gasteiger partial charge in [0.05, 0.1) is 12.2 Å². The number of alkyl halides is 2. The van der Waals surface area contributed by atoms with E-state index >= 15 is 8.78 Å². The maximum atomic E-state index is 17.6. The molecule has 8 aliphatic rings. The lowest BCUT2D eigenvalue weighted by atomic mass is 9.44. The average molecular weight is 767 g/mol. The summed E-state index contributed by atoms with van der Waals surface area (Å²) in [5.41, 5.74) is -11.8. The standard InChI is InChI=1S/C44H56F2O9/c1-23-15-31-29-9-7-25-17-27(47)11-13-37(25,3)41(29,45)33(49)19-39(31,5)43(23,53)35(51)21-55-22-36(52)44(54)24(2)16-32-30-10-8-26-18-28(48)12-14-38(26,4)42(30,46)34(50)20-40(32,44)6/h11-14,17-18,23-24,29-34,49-50,53-54H,7-10,15-16,19-22H2,1-6H3/t23-,24+,29+,30-,31+,32-,33+,34-,37+,38-,39+,40-,41+,42-,43+,44-. The Balaban J connectivity index is 0.996. The van der Waals surface area contributed by atoms with Gasteiger partial charge in [-0.2, -0.15) is 0 Å². The highest BCUT2D eigenvalue weighted by molar-refractivity contribution is 6.02. The van der Waals surface area contributed by atoms with Crippen LogP contribution in [0.2, 0.25) is 0 Å².